The van der Waals surface area contributed by atoms with E-state index >= 15 is 0 Å². The van der Waals surface area contributed by atoms with Crippen LogP contribution in [0.15, 0.2) is 57.6 Å². The van der Waals surface area contributed by atoms with Crippen molar-refractivity contribution in [1.29, 1.82) is 0 Å². The van der Waals surface area contributed by atoms with Gasteiger partial charge in [-0.2, -0.15) is 4.98 Å². The zero-order valence-corrected chi connectivity index (χ0v) is 17.5. The molecule has 0 spiro atoms. The number of piperazine rings is 1. The van der Waals surface area contributed by atoms with Crippen molar-refractivity contribution in [2.24, 2.45) is 0 Å². The van der Waals surface area contributed by atoms with E-state index in [0.717, 1.165) is 22.4 Å². The lowest BCUT2D eigenvalue weighted by Gasteiger charge is -2.35. The molecule has 0 N–H and O–H groups in total. The van der Waals surface area contributed by atoms with Gasteiger partial charge in [-0.15, -0.1) is 0 Å². The SMILES string of the molecule is CC(C)c1nc(-c2ccc(N3CCN(C(=O)c4cc5ccccc5o4)CC3)nc2)no1. The number of anilines is 1. The maximum Gasteiger partial charge on any atom is 0.289 e. The molecule has 8 nitrogen and oxygen atoms in total. The fourth-order valence-electron chi connectivity index (χ4n) is 3.67. The predicted octanol–water partition coefficient (Wildman–Crippen LogP) is 3.96. The molecule has 0 bridgehead atoms. The zero-order chi connectivity index (χ0) is 21.4. The van der Waals surface area contributed by atoms with Crippen molar-refractivity contribution in [2.45, 2.75) is 19.8 Å². The highest BCUT2D eigenvalue weighted by Gasteiger charge is 2.25. The number of pyridine rings is 1. The maximum atomic E-state index is 12.8. The highest BCUT2D eigenvalue weighted by atomic mass is 16.5. The van der Waals surface area contributed by atoms with E-state index < -0.39 is 0 Å². The van der Waals surface area contributed by atoms with Crippen LogP contribution in [0.5, 0.6) is 0 Å². The molecule has 1 fully saturated rings. The largest absolute Gasteiger partial charge is 0.451 e. The second-order valence-corrected chi connectivity index (χ2v) is 7.94. The van der Waals surface area contributed by atoms with Crippen LogP contribution in [0.2, 0.25) is 0 Å². The monoisotopic (exact) mass is 417 g/mol. The Bertz CT molecular complexity index is 1170. The first-order valence-corrected chi connectivity index (χ1v) is 10.4. The summed E-state index contributed by atoms with van der Waals surface area (Å²) in [6.07, 6.45) is 1.76. The number of para-hydroxylation sites is 1. The van der Waals surface area contributed by atoms with Gasteiger partial charge in [0.2, 0.25) is 11.7 Å². The van der Waals surface area contributed by atoms with E-state index in [9.17, 15) is 4.79 Å². The molecule has 1 aliphatic heterocycles. The van der Waals surface area contributed by atoms with Gasteiger partial charge in [-0.3, -0.25) is 4.79 Å². The van der Waals surface area contributed by atoms with Crippen LogP contribution in [0.3, 0.4) is 0 Å². The van der Waals surface area contributed by atoms with Gasteiger partial charge in [0, 0.05) is 49.2 Å². The highest BCUT2D eigenvalue weighted by molar-refractivity contribution is 5.96. The molecule has 0 aliphatic carbocycles. The molecule has 8 heteroatoms. The fourth-order valence-corrected chi connectivity index (χ4v) is 3.67. The number of rotatable bonds is 4. The molecule has 3 aromatic heterocycles. The molecule has 5 rings (SSSR count). The van der Waals surface area contributed by atoms with Gasteiger partial charge in [-0.05, 0) is 24.3 Å². The summed E-state index contributed by atoms with van der Waals surface area (Å²) in [5.41, 5.74) is 1.55. The topological polar surface area (TPSA) is 88.5 Å². The van der Waals surface area contributed by atoms with Crippen LogP contribution >= 0.6 is 0 Å². The van der Waals surface area contributed by atoms with Crippen molar-refractivity contribution in [2.75, 3.05) is 31.1 Å². The number of hydrogen-bond acceptors (Lipinski definition) is 7. The smallest absolute Gasteiger partial charge is 0.289 e. The van der Waals surface area contributed by atoms with E-state index in [4.69, 9.17) is 8.94 Å². The molecule has 1 saturated heterocycles. The van der Waals surface area contributed by atoms with Gasteiger partial charge >= 0.3 is 0 Å². The van der Waals surface area contributed by atoms with E-state index in [1.54, 1.807) is 6.20 Å². The molecule has 158 valence electrons. The van der Waals surface area contributed by atoms with Gasteiger partial charge in [0.25, 0.3) is 5.91 Å². The summed E-state index contributed by atoms with van der Waals surface area (Å²) in [6, 6.07) is 13.4. The lowest BCUT2D eigenvalue weighted by molar-refractivity contribution is 0.0717. The molecule has 31 heavy (non-hydrogen) atoms. The van der Waals surface area contributed by atoms with Crippen LogP contribution < -0.4 is 4.90 Å². The first kappa shape index (κ1) is 19.3. The Balaban J connectivity index is 1.23. The Labute approximate surface area is 179 Å². The summed E-state index contributed by atoms with van der Waals surface area (Å²) in [5, 5.41) is 4.97. The van der Waals surface area contributed by atoms with Crippen LogP contribution in [0, 0.1) is 0 Å². The van der Waals surface area contributed by atoms with E-state index in [1.807, 2.05) is 61.2 Å². The number of carbonyl (C=O) groups is 1. The second kappa shape index (κ2) is 7.86. The van der Waals surface area contributed by atoms with Gasteiger partial charge < -0.3 is 18.7 Å². The van der Waals surface area contributed by atoms with Crippen molar-refractivity contribution < 1.29 is 13.7 Å². The first-order chi connectivity index (χ1) is 15.1. The average molecular weight is 417 g/mol. The number of benzene rings is 1. The fraction of sp³-hybridized carbons (Fsp3) is 0.304. The third-order valence-corrected chi connectivity index (χ3v) is 5.47. The molecule has 0 saturated carbocycles. The van der Waals surface area contributed by atoms with E-state index in [2.05, 4.69) is 20.0 Å². The normalized spacial score (nSPS) is 14.5. The predicted molar refractivity (Wildman–Crippen MR) is 116 cm³/mol. The summed E-state index contributed by atoms with van der Waals surface area (Å²) < 4.78 is 11.0. The Morgan fingerprint density at radius 3 is 2.55 bits per heavy atom. The van der Waals surface area contributed by atoms with Crippen LogP contribution in [-0.4, -0.2) is 52.1 Å². The minimum absolute atomic E-state index is 0.0720. The first-order valence-electron chi connectivity index (χ1n) is 10.4. The number of hydrogen-bond donors (Lipinski definition) is 0. The molecule has 1 aromatic carbocycles. The van der Waals surface area contributed by atoms with Crippen molar-refractivity contribution in [1.82, 2.24) is 20.0 Å². The lowest BCUT2D eigenvalue weighted by Crippen LogP contribution is -2.49. The standard InChI is InChI=1S/C23H23N5O3/c1-15(2)22-25-21(26-31-22)17-7-8-20(24-14-17)27-9-11-28(12-10-27)23(29)19-13-16-5-3-4-6-18(16)30-19/h3-8,13-15H,9-12H2,1-2H3. The van der Waals surface area contributed by atoms with Crippen molar-refractivity contribution in [3.05, 3.63) is 60.3 Å². The minimum atomic E-state index is -0.0720. The summed E-state index contributed by atoms with van der Waals surface area (Å²) in [4.78, 5) is 25.8. The lowest BCUT2D eigenvalue weighted by atomic mass is 10.2. The van der Waals surface area contributed by atoms with Crippen molar-refractivity contribution in [3.63, 3.8) is 0 Å². The molecular formula is C23H23N5O3. The summed E-state index contributed by atoms with van der Waals surface area (Å²) in [6.45, 7) is 6.66. The molecule has 4 aromatic rings. The van der Waals surface area contributed by atoms with Gasteiger partial charge in [0.1, 0.15) is 11.4 Å². The van der Waals surface area contributed by atoms with Gasteiger partial charge in [0.15, 0.2) is 5.76 Å². The third-order valence-electron chi connectivity index (χ3n) is 5.47. The third kappa shape index (κ3) is 3.76. The molecule has 4 heterocycles. The van der Waals surface area contributed by atoms with Gasteiger partial charge in [-0.25, -0.2) is 4.98 Å². The van der Waals surface area contributed by atoms with Crippen LogP contribution in [0.25, 0.3) is 22.4 Å². The van der Waals surface area contributed by atoms with Gasteiger partial charge in [0.05, 0.1) is 0 Å². The van der Waals surface area contributed by atoms with Crippen LogP contribution in [-0.2, 0) is 0 Å². The van der Waals surface area contributed by atoms with Crippen molar-refractivity contribution in [3.8, 4) is 11.4 Å². The number of fused-ring (bicyclic) bond motifs is 1. The number of nitrogens with zero attached hydrogens (tertiary/aromatic N) is 5. The van der Waals surface area contributed by atoms with Crippen LogP contribution in [0.1, 0.15) is 36.2 Å². The Morgan fingerprint density at radius 1 is 1.06 bits per heavy atom. The number of furan rings is 1. The molecule has 0 unspecified atom stereocenters. The number of carbonyl (C=O) groups excluding carboxylic acids is 1. The highest BCUT2D eigenvalue weighted by Crippen LogP contribution is 2.23. The Hall–Kier alpha value is -3.68. The molecule has 1 amide bonds. The van der Waals surface area contributed by atoms with E-state index in [-0.39, 0.29) is 11.8 Å². The average Bonchev–Trinajstić information content (AvgIpc) is 3.46. The Morgan fingerprint density at radius 2 is 1.87 bits per heavy atom. The zero-order valence-electron chi connectivity index (χ0n) is 17.5. The summed E-state index contributed by atoms with van der Waals surface area (Å²) >= 11 is 0. The Kier molecular flexibility index (Phi) is 4.89. The number of aromatic nitrogens is 3. The number of amides is 1. The van der Waals surface area contributed by atoms with Crippen molar-refractivity contribution >= 4 is 22.7 Å². The van der Waals surface area contributed by atoms with Gasteiger partial charge in [-0.1, -0.05) is 37.2 Å². The second-order valence-electron chi connectivity index (χ2n) is 7.94. The van der Waals surface area contributed by atoms with E-state index in [0.29, 0.717) is 43.7 Å². The maximum absolute atomic E-state index is 12.8. The minimum Gasteiger partial charge on any atom is -0.451 e. The molecule has 0 atom stereocenters. The molecule has 0 radical (unpaired) electrons. The summed E-state index contributed by atoms with van der Waals surface area (Å²) in [5.74, 6) is 2.53. The molecular weight excluding hydrogens is 394 g/mol. The van der Waals surface area contributed by atoms with E-state index in [1.165, 1.54) is 0 Å². The van der Waals surface area contributed by atoms with Crippen LogP contribution in [0.4, 0.5) is 5.82 Å². The quantitative estimate of drug-likeness (QED) is 0.496. The molecule has 1 aliphatic rings. The summed E-state index contributed by atoms with van der Waals surface area (Å²) in [7, 11) is 0.